The standard InChI is InChI=1S/C9H15IO2/c1-5-12-8(11)7(10)6-9(2,3)4/h6H,5H2,1-4H3/b7-6-. The van der Waals surface area contributed by atoms with Gasteiger partial charge in [0.15, 0.2) is 0 Å². The van der Waals surface area contributed by atoms with E-state index < -0.39 is 0 Å². The van der Waals surface area contributed by atoms with Gasteiger partial charge in [0.2, 0.25) is 0 Å². The minimum absolute atomic E-state index is 0.0310. The van der Waals surface area contributed by atoms with E-state index in [1.54, 1.807) is 6.92 Å². The second kappa shape index (κ2) is 4.84. The number of halogens is 1. The van der Waals surface area contributed by atoms with E-state index >= 15 is 0 Å². The lowest BCUT2D eigenvalue weighted by Crippen LogP contribution is -2.07. The zero-order valence-corrected chi connectivity index (χ0v) is 10.1. The van der Waals surface area contributed by atoms with Gasteiger partial charge in [0.05, 0.1) is 10.2 Å². The molecule has 0 rings (SSSR count). The molecule has 2 nitrogen and oxygen atoms in total. The van der Waals surface area contributed by atoms with Crippen LogP contribution in [0.1, 0.15) is 27.7 Å². The van der Waals surface area contributed by atoms with Crippen LogP contribution in [0.15, 0.2) is 9.66 Å². The van der Waals surface area contributed by atoms with Gasteiger partial charge in [-0.05, 0) is 34.9 Å². The highest BCUT2D eigenvalue weighted by atomic mass is 127. The summed E-state index contributed by atoms with van der Waals surface area (Å²) in [4.78, 5) is 11.1. The van der Waals surface area contributed by atoms with Crippen LogP contribution in [-0.4, -0.2) is 12.6 Å². The number of rotatable bonds is 2. The van der Waals surface area contributed by atoms with Crippen molar-refractivity contribution in [2.24, 2.45) is 5.41 Å². The van der Waals surface area contributed by atoms with Crippen molar-refractivity contribution in [1.29, 1.82) is 0 Å². The van der Waals surface area contributed by atoms with Gasteiger partial charge in [-0.1, -0.05) is 26.8 Å². The third-order valence-corrected chi connectivity index (χ3v) is 1.78. The minimum atomic E-state index is -0.229. The first kappa shape index (κ1) is 11.9. The first-order valence-electron chi connectivity index (χ1n) is 3.92. The van der Waals surface area contributed by atoms with Crippen molar-refractivity contribution in [1.82, 2.24) is 0 Å². The van der Waals surface area contributed by atoms with E-state index in [0.717, 1.165) is 0 Å². The van der Waals surface area contributed by atoms with Crippen molar-refractivity contribution in [3.8, 4) is 0 Å². The van der Waals surface area contributed by atoms with E-state index in [1.165, 1.54) is 0 Å². The molecule has 0 aliphatic rings. The third kappa shape index (κ3) is 5.57. The quantitative estimate of drug-likeness (QED) is 0.442. The van der Waals surface area contributed by atoms with Gasteiger partial charge in [0.1, 0.15) is 0 Å². The Morgan fingerprint density at radius 2 is 2.00 bits per heavy atom. The van der Waals surface area contributed by atoms with Crippen molar-refractivity contribution >= 4 is 28.6 Å². The Labute approximate surface area is 87.5 Å². The molecule has 0 unspecified atom stereocenters. The van der Waals surface area contributed by atoms with Crippen LogP contribution in [0.25, 0.3) is 0 Å². The second-order valence-corrected chi connectivity index (χ2v) is 4.74. The first-order chi connectivity index (χ1) is 5.37. The zero-order chi connectivity index (χ0) is 9.78. The summed E-state index contributed by atoms with van der Waals surface area (Å²) >= 11 is 2.00. The summed E-state index contributed by atoms with van der Waals surface area (Å²) in [5, 5.41) is 0. The fourth-order valence-corrected chi connectivity index (χ4v) is 1.73. The Balaban J connectivity index is 4.28. The van der Waals surface area contributed by atoms with Gasteiger partial charge in [-0.3, -0.25) is 0 Å². The molecule has 0 radical (unpaired) electrons. The zero-order valence-electron chi connectivity index (χ0n) is 7.98. The van der Waals surface area contributed by atoms with Crippen LogP contribution >= 0.6 is 22.6 Å². The highest BCUT2D eigenvalue weighted by Crippen LogP contribution is 2.21. The van der Waals surface area contributed by atoms with E-state index in [9.17, 15) is 4.79 Å². The molecule has 0 amide bonds. The molecule has 0 aliphatic heterocycles. The van der Waals surface area contributed by atoms with Crippen LogP contribution < -0.4 is 0 Å². The normalized spacial score (nSPS) is 12.9. The molecule has 0 spiro atoms. The number of hydrogen-bond acceptors (Lipinski definition) is 2. The molecule has 0 heterocycles. The molecular weight excluding hydrogens is 267 g/mol. The largest absolute Gasteiger partial charge is 0.462 e. The number of allylic oxidation sites excluding steroid dienone is 1. The first-order valence-corrected chi connectivity index (χ1v) is 5.00. The molecule has 70 valence electrons. The Hall–Kier alpha value is -0.0600. The van der Waals surface area contributed by atoms with Crippen molar-refractivity contribution in [2.45, 2.75) is 27.7 Å². The number of esters is 1. The maximum absolute atomic E-state index is 11.1. The molecule has 0 aromatic rings. The van der Waals surface area contributed by atoms with Crippen LogP contribution in [-0.2, 0) is 9.53 Å². The smallest absolute Gasteiger partial charge is 0.344 e. The lowest BCUT2D eigenvalue weighted by molar-refractivity contribution is -0.137. The highest BCUT2D eigenvalue weighted by Gasteiger charge is 2.12. The molecule has 0 aromatic carbocycles. The summed E-state index contributed by atoms with van der Waals surface area (Å²) in [6.07, 6.45) is 1.91. The molecule has 12 heavy (non-hydrogen) atoms. The molecule has 0 bridgehead atoms. The molecule has 0 N–H and O–H groups in total. The monoisotopic (exact) mass is 282 g/mol. The molecule has 0 aromatic heterocycles. The van der Waals surface area contributed by atoms with Gasteiger partial charge in [0, 0.05) is 0 Å². The molecule has 0 fully saturated rings. The number of hydrogen-bond donors (Lipinski definition) is 0. The fraction of sp³-hybridized carbons (Fsp3) is 0.667. The summed E-state index contributed by atoms with van der Waals surface area (Å²) in [6.45, 7) is 8.38. The predicted molar refractivity (Wildman–Crippen MR) is 58.2 cm³/mol. The molecule has 3 heteroatoms. The summed E-state index contributed by atoms with van der Waals surface area (Å²) in [5.74, 6) is -0.229. The Morgan fingerprint density at radius 3 is 2.33 bits per heavy atom. The van der Waals surface area contributed by atoms with Crippen LogP contribution in [0.5, 0.6) is 0 Å². The topological polar surface area (TPSA) is 26.3 Å². The van der Waals surface area contributed by atoms with Gasteiger partial charge in [-0.2, -0.15) is 0 Å². The van der Waals surface area contributed by atoms with E-state index in [-0.39, 0.29) is 11.4 Å². The lowest BCUT2D eigenvalue weighted by atomic mass is 9.96. The van der Waals surface area contributed by atoms with E-state index in [0.29, 0.717) is 10.2 Å². The highest BCUT2D eigenvalue weighted by molar-refractivity contribution is 14.1. The second-order valence-electron chi connectivity index (χ2n) is 3.58. The minimum Gasteiger partial charge on any atom is -0.462 e. The summed E-state index contributed by atoms with van der Waals surface area (Å²) < 4.78 is 5.49. The Bertz CT molecular complexity index is 189. The molecule has 0 saturated heterocycles. The van der Waals surface area contributed by atoms with Crippen LogP contribution in [0, 0.1) is 5.41 Å². The SMILES string of the molecule is CCOC(=O)/C(I)=C/C(C)(C)C. The van der Waals surface area contributed by atoms with Crippen LogP contribution in [0.4, 0.5) is 0 Å². The van der Waals surface area contributed by atoms with Gasteiger partial charge in [-0.15, -0.1) is 0 Å². The van der Waals surface area contributed by atoms with E-state index in [1.807, 2.05) is 49.4 Å². The van der Waals surface area contributed by atoms with Crippen molar-refractivity contribution in [3.63, 3.8) is 0 Å². The lowest BCUT2D eigenvalue weighted by Gasteiger charge is -2.12. The Kier molecular flexibility index (Phi) is 4.82. The molecule has 0 saturated carbocycles. The average Bonchev–Trinajstić information content (AvgIpc) is 1.84. The van der Waals surface area contributed by atoms with Crippen LogP contribution in [0.2, 0.25) is 0 Å². The summed E-state index contributed by atoms with van der Waals surface area (Å²) in [6, 6.07) is 0. The van der Waals surface area contributed by atoms with Gasteiger partial charge >= 0.3 is 5.97 Å². The summed E-state index contributed by atoms with van der Waals surface area (Å²) in [5.41, 5.74) is 0.0310. The number of ether oxygens (including phenoxy) is 1. The fourth-order valence-electron chi connectivity index (χ4n) is 0.639. The predicted octanol–water partition coefficient (Wildman–Crippen LogP) is 2.91. The molecule has 0 aliphatic carbocycles. The number of carbonyl (C=O) groups is 1. The van der Waals surface area contributed by atoms with Gasteiger partial charge in [0.25, 0.3) is 0 Å². The van der Waals surface area contributed by atoms with Crippen molar-refractivity contribution in [2.75, 3.05) is 6.61 Å². The molecular formula is C9H15IO2. The van der Waals surface area contributed by atoms with E-state index in [2.05, 4.69) is 0 Å². The average molecular weight is 282 g/mol. The van der Waals surface area contributed by atoms with Crippen molar-refractivity contribution in [3.05, 3.63) is 9.66 Å². The Morgan fingerprint density at radius 1 is 1.50 bits per heavy atom. The third-order valence-electron chi connectivity index (χ3n) is 1.03. The summed E-state index contributed by atoms with van der Waals surface area (Å²) in [7, 11) is 0. The van der Waals surface area contributed by atoms with Gasteiger partial charge < -0.3 is 4.74 Å². The van der Waals surface area contributed by atoms with E-state index in [4.69, 9.17) is 4.74 Å². The molecule has 0 atom stereocenters. The maximum Gasteiger partial charge on any atom is 0.344 e. The maximum atomic E-state index is 11.1. The number of carbonyl (C=O) groups excluding carboxylic acids is 1. The van der Waals surface area contributed by atoms with Gasteiger partial charge in [-0.25, -0.2) is 4.79 Å². The van der Waals surface area contributed by atoms with Crippen LogP contribution in [0.3, 0.4) is 0 Å². The van der Waals surface area contributed by atoms with Crippen molar-refractivity contribution < 1.29 is 9.53 Å².